The molecule has 92 valence electrons. The van der Waals surface area contributed by atoms with Crippen LogP contribution in [0.15, 0.2) is 24.3 Å². The number of alkyl halides is 1. The molecule has 1 aromatic rings. The molecule has 1 aliphatic heterocycles. The highest BCUT2D eigenvalue weighted by Crippen LogP contribution is 2.31. The van der Waals surface area contributed by atoms with Gasteiger partial charge in [-0.15, -0.1) is 0 Å². The smallest absolute Gasteiger partial charge is 0.230 e. The molecule has 0 spiro atoms. The van der Waals surface area contributed by atoms with Crippen molar-refractivity contribution in [3.63, 3.8) is 0 Å². The predicted octanol–water partition coefficient (Wildman–Crippen LogP) is 2.83. The highest BCUT2D eigenvalue weighted by atomic mass is 79.9. The van der Waals surface area contributed by atoms with Gasteiger partial charge in [-0.2, -0.15) is 0 Å². The lowest BCUT2D eigenvalue weighted by Crippen LogP contribution is -2.34. The lowest BCUT2D eigenvalue weighted by molar-refractivity contribution is -0.118. The highest BCUT2D eigenvalue weighted by Gasteiger charge is 2.23. The molecule has 1 heterocycles. The summed E-state index contributed by atoms with van der Waals surface area (Å²) in [5.74, 6) is 1.37. The first kappa shape index (κ1) is 12.4. The zero-order chi connectivity index (χ0) is 12.3. The fraction of sp³-hybridized carbons (Fsp3) is 0.462. The molecule has 17 heavy (non-hydrogen) atoms. The number of hydrogen-bond donors (Lipinski definition) is 0. The van der Waals surface area contributed by atoms with Crippen molar-refractivity contribution in [1.29, 1.82) is 0 Å². The summed E-state index contributed by atoms with van der Waals surface area (Å²) in [5, 5.41) is 0.889. The zero-order valence-corrected chi connectivity index (χ0v) is 11.4. The summed E-state index contributed by atoms with van der Waals surface area (Å²) in [4.78, 5) is 13.9. The number of para-hydroxylation sites is 2. The average Bonchev–Trinajstić information content (AvgIpc) is 2.50. The third-order valence-electron chi connectivity index (χ3n) is 2.79. The van der Waals surface area contributed by atoms with E-state index in [0.29, 0.717) is 18.9 Å². The van der Waals surface area contributed by atoms with Gasteiger partial charge in [-0.1, -0.05) is 35.0 Å². The average molecular weight is 298 g/mol. The molecule has 0 aliphatic carbocycles. The van der Waals surface area contributed by atoms with Crippen LogP contribution in [-0.2, 0) is 4.79 Å². The van der Waals surface area contributed by atoms with Crippen molar-refractivity contribution in [2.75, 3.05) is 23.4 Å². The van der Waals surface area contributed by atoms with Crippen LogP contribution in [0.25, 0.3) is 0 Å². The van der Waals surface area contributed by atoms with E-state index in [1.807, 2.05) is 29.2 Å². The van der Waals surface area contributed by atoms with Crippen LogP contribution in [0.3, 0.4) is 0 Å². The Morgan fingerprint density at radius 2 is 2.24 bits per heavy atom. The molecule has 1 amide bonds. The molecule has 0 saturated heterocycles. The van der Waals surface area contributed by atoms with Gasteiger partial charge < -0.3 is 9.64 Å². The second kappa shape index (κ2) is 5.54. The summed E-state index contributed by atoms with van der Waals surface area (Å²) < 4.78 is 5.59. The SMILES string of the molecule is CC(CBr)CN1C(=O)CCOc2ccccc21. The molecule has 0 fully saturated rings. The Morgan fingerprint density at radius 1 is 1.47 bits per heavy atom. The number of fused-ring (bicyclic) bond motifs is 1. The van der Waals surface area contributed by atoms with Gasteiger partial charge >= 0.3 is 0 Å². The van der Waals surface area contributed by atoms with E-state index in [1.54, 1.807) is 0 Å². The van der Waals surface area contributed by atoms with Gasteiger partial charge in [-0.3, -0.25) is 4.79 Å². The van der Waals surface area contributed by atoms with E-state index in [0.717, 1.165) is 23.3 Å². The molecule has 3 nitrogen and oxygen atoms in total. The summed E-state index contributed by atoms with van der Waals surface area (Å²) in [5.41, 5.74) is 0.891. The predicted molar refractivity (Wildman–Crippen MR) is 71.9 cm³/mol. The van der Waals surface area contributed by atoms with Gasteiger partial charge in [0.25, 0.3) is 0 Å². The van der Waals surface area contributed by atoms with Gasteiger partial charge in [0.05, 0.1) is 18.7 Å². The van der Waals surface area contributed by atoms with E-state index >= 15 is 0 Å². The lowest BCUT2D eigenvalue weighted by Gasteiger charge is -2.24. The third kappa shape index (κ3) is 2.80. The first-order chi connectivity index (χ1) is 8.22. The molecule has 1 aliphatic rings. The van der Waals surface area contributed by atoms with Crippen LogP contribution in [0.4, 0.5) is 5.69 Å². The first-order valence-electron chi connectivity index (χ1n) is 5.80. The van der Waals surface area contributed by atoms with Gasteiger partial charge in [0.15, 0.2) is 0 Å². The largest absolute Gasteiger partial charge is 0.491 e. The summed E-state index contributed by atoms with van der Waals surface area (Å²) >= 11 is 3.45. The molecule has 0 N–H and O–H groups in total. The maximum atomic E-state index is 12.1. The minimum absolute atomic E-state index is 0.141. The van der Waals surface area contributed by atoms with E-state index < -0.39 is 0 Å². The molecule has 0 bridgehead atoms. The summed E-state index contributed by atoms with van der Waals surface area (Å²) in [6, 6.07) is 7.73. The summed E-state index contributed by atoms with van der Waals surface area (Å²) in [6.07, 6.45) is 0.448. The number of ether oxygens (including phenoxy) is 1. The molecule has 2 rings (SSSR count). The minimum atomic E-state index is 0.141. The van der Waals surface area contributed by atoms with Crippen molar-refractivity contribution in [3.8, 4) is 5.75 Å². The molecule has 1 unspecified atom stereocenters. The summed E-state index contributed by atoms with van der Waals surface area (Å²) in [6.45, 7) is 3.32. The Morgan fingerprint density at radius 3 is 3.00 bits per heavy atom. The molecule has 0 saturated carbocycles. The minimum Gasteiger partial charge on any atom is -0.491 e. The van der Waals surface area contributed by atoms with Gasteiger partial charge in [-0.05, 0) is 18.1 Å². The van der Waals surface area contributed by atoms with Crippen molar-refractivity contribution < 1.29 is 9.53 Å². The Hall–Kier alpha value is -1.03. The topological polar surface area (TPSA) is 29.5 Å². The standard InChI is InChI=1S/C13H16BrNO2/c1-10(8-14)9-15-11-4-2-3-5-12(11)17-7-6-13(15)16/h2-5,10H,6-9H2,1H3. The molecule has 0 aromatic heterocycles. The van der Waals surface area contributed by atoms with E-state index in [4.69, 9.17) is 4.74 Å². The number of halogens is 1. The van der Waals surface area contributed by atoms with Crippen molar-refractivity contribution in [3.05, 3.63) is 24.3 Å². The molecule has 1 atom stereocenters. The second-order valence-electron chi connectivity index (χ2n) is 4.33. The second-order valence-corrected chi connectivity index (χ2v) is 4.98. The van der Waals surface area contributed by atoms with E-state index in [2.05, 4.69) is 22.9 Å². The van der Waals surface area contributed by atoms with Crippen molar-refractivity contribution in [2.24, 2.45) is 5.92 Å². The number of hydrogen-bond acceptors (Lipinski definition) is 2. The number of carbonyl (C=O) groups excluding carboxylic acids is 1. The van der Waals surface area contributed by atoms with E-state index in [-0.39, 0.29) is 5.91 Å². The van der Waals surface area contributed by atoms with Crippen LogP contribution in [0, 0.1) is 5.92 Å². The number of rotatable bonds is 3. The molecular weight excluding hydrogens is 282 g/mol. The Labute approximate surface area is 110 Å². The fourth-order valence-corrected chi connectivity index (χ4v) is 2.09. The summed E-state index contributed by atoms with van der Waals surface area (Å²) in [7, 11) is 0. The monoisotopic (exact) mass is 297 g/mol. The van der Waals surface area contributed by atoms with Crippen LogP contribution >= 0.6 is 15.9 Å². The normalized spacial score (nSPS) is 17.1. The van der Waals surface area contributed by atoms with Crippen molar-refractivity contribution in [2.45, 2.75) is 13.3 Å². The van der Waals surface area contributed by atoms with Crippen LogP contribution in [0.5, 0.6) is 5.75 Å². The Kier molecular flexibility index (Phi) is 4.05. The zero-order valence-electron chi connectivity index (χ0n) is 9.86. The lowest BCUT2D eigenvalue weighted by atomic mass is 10.1. The maximum absolute atomic E-state index is 12.1. The van der Waals surface area contributed by atoms with Crippen LogP contribution in [0.2, 0.25) is 0 Å². The molecular formula is C13H16BrNO2. The van der Waals surface area contributed by atoms with E-state index in [9.17, 15) is 4.79 Å². The van der Waals surface area contributed by atoms with Gasteiger partial charge in [0.2, 0.25) is 5.91 Å². The van der Waals surface area contributed by atoms with Gasteiger partial charge in [0.1, 0.15) is 5.75 Å². The van der Waals surface area contributed by atoms with Crippen molar-refractivity contribution in [1.82, 2.24) is 0 Å². The Bertz CT molecular complexity index is 408. The quantitative estimate of drug-likeness (QED) is 0.803. The van der Waals surface area contributed by atoms with Gasteiger partial charge in [-0.25, -0.2) is 0 Å². The molecule has 0 radical (unpaired) electrons. The number of nitrogens with zero attached hydrogens (tertiary/aromatic N) is 1. The van der Waals surface area contributed by atoms with Crippen molar-refractivity contribution >= 4 is 27.5 Å². The highest BCUT2D eigenvalue weighted by molar-refractivity contribution is 9.09. The van der Waals surface area contributed by atoms with Crippen LogP contribution < -0.4 is 9.64 Å². The third-order valence-corrected chi connectivity index (χ3v) is 3.89. The number of benzene rings is 1. The fourth-order valence-electron chi connectivity index (χ4n) is 1.88. The Balaban J connectivity index is 2.30. The van der Waals surface area contributed by atoms with E-state index in [1.165, 1.54) is 0 Å². The first-order valence-corrected chi connectivity index (χ1v) is 6.92. The number of amides is 1. The number of anilines is 1. The maximum Gasteiger partial charge on any atom is 0.230 e. The van der Waals surface area contributed by atoms with Gasteiger partial charge in [0, 0.05) is 11.9 Å². The van der Waals surface area contributed by atoms with Crippen LogP contribution in [0.1, 0.15) is 13.3 Å². The number of carbonyl (C=O) groups is 1. The molecule has 1 aromatic carbocycles. The molecule has 4 heteroatoms. The van der Waals surface area contributed by atoms with Crippen LogP contribution in [-0.4, -0.2) is 24.4 Å².